The van der Waals surface area contributed by atoms with Gasteiger partial charge in [0.25, 0.3) is 0 Å². The molecule has 1 nitrogen and oxygen atoms in total. The van der Waals surface area contributed by atoms with Crippen LogP contribution in [0.3, 0.4) is 0 Å². The van der Waals surface area contributed by atoms with Crippen molar-refractivity contribution in [3.8, 4) is 0 Å². The Kier molecular flexibility index (Phi) is 4.15. The molecule has 0 aromatic carbocycles. The maximum absolute atomic E-state index is 4.33. The Labute approximate surface area is 120 Å². The molecule has 1 aliphatic rings. The van der Waals surface area contributed by atoms with Gasteiger partial charge in [0.05, 0.1) is 0 Å². The van der Waals surface area contributed by atoms with Crippen molar-refractivity contribution in [3.63, 3.8) is 0 Å². The van der Waals surface area contributed by atoms with Crippen LogP contribution >= 0.6 is 15.9 Å². The molecule has 2 heteroatoms. The molecule has 1 aliphatic carbocycles. The van der Waals surface area contributed by atoms with Gasteiger partial charge in [-0.05, 0) is 54.2 Å². The zero-order valence-electron chi connectivity index (χ0n) is 11.9. The SMILES string of the molecule is Cc1ccncc1C(C)(C)C1CCC(C)CC1Br. The lowest BCUT2D eigenvalue weighted by Gasteiger charge is -2.42. The van der Waals surface area contributed by atoms with E-state index in [0.29, 0.717) is 10.7 Å². The lowest BCUT2D eigenvalue weighted by atomic mass is 9.65. The van der Waals surface area contributed by atoms with E-state index >= 15 is 0 Å². The molecule has 1 fully saturated rings. The lowest BCUT2D eigenvalue weighted by molar-refractivity contribution is 0.213. The van der Waals surface area contributed by atoms with Crippen LogP contribution in [0.25, 0.3) is 0 Å². The first kappa shape index (κ1) is 14.0. The van der Waals surface area contributed by atoms with Gasteiger partial charge in [-0.25, -0.2) is 0 Å². The summed E-state index contributed by atoms with van der Waals surface area (Å²) in [5.74, 6) is 1.56. The van der Waals surface area contributed by atoms with Crippen LogP contribution in [-0.2, 0) is 5.41 Å². The topological polar surface area (TPSA) is 12.9 Å². The fourth-order valence-electron chi connectivity index (χ4n) is 3.46. The van der Waals surface area contributed by atoms with E-state index in [9.17, 15) is 0 Å². The van der Waals surface area contributed by atoms with Crippen LogP contribution in [0.2, 0.25) is 0 Å². The van der Waals surface area contributed by atoms with Gasteiger partial charge in [0.15, 0.2) is 0 Å². The zero-order valence-corrected chi connectivity index (χ0v) is 13.5. The van der Waals surface area contributed by atoms with Crippen molar-refractivity contribution in [1.29, 1.82) is 0 Å². The van der Waals surface area contributed by atoms with Gasteiger partial charge in [0.2, 0.25) is 0 Å². The molecule has 100 valence electrons. The molecular weight excluding hydrogens is 286 g/mol. The molecule has 1 heterocycles. The van der Waals surface area contributed by atoms with E-state index in [1.165, 1.54) is 30.4 Å². The summed E-state index contributed by atoms with van der Waals surface area (Å²) in [5.41, 5.74) is 2.98. The summed E-state index contributed by atoms with van der Waals surface area (Å²) >= 11 is 3.93. The Morgan fingerprint density at radius 3 is 2.67 bits per heavy atom. The molecule has 0 N–H and O–H groups in total. The third kappa shape index (κ3) is 2.64. The normalized spacial score (nSPS) is 29.3. The first-order chi connectivity index (χ1) is 8.43. The molecule has 0 aliphatic heterocycles. The number of nitrogens with zero attached hydrogens (tertiary/aromatic N) is 1. The van der Waals surface area contributed by atoms with Gasteiger partial charge in [-0.1, -0.05) is 43.1 Å². The summed E-state index contributed by atoms with van der Waals surface area (Å²) in [4.78, 5) is 4.97. The highest BCUT2D eigenvalue weighted by atomic mass is 79.9. The second-order valence-corrected chi connectivity index (χ2v) is 7.63. The lowest BCUT2D eigenvalue weighted by Crippen LogP contribution is -2.39. The minimum atomic E-state index is 0.201. The van der Waals surface area contributed by atoms with Crippen LogP contribution in [0, 0.1) is 18.8 Å². The van der Waals surface area contributed by atoms with Crippen LogP contribution in [0.4, 0.5) is 0 Å². The first-order valence-electron chi connectivity index (χ1n) is 6.98. The molecule has 2 rings (SSSR count). The Hall–Kier alpha value is -0.370. The van der Waals surface area contributed by atoms with Gasteiger partial charge in [-0.3, -0.25) is 4.98 Å². The zero-order chi connectivity index (χ0) is 13.3. The minimum absolute atomic E-state index is 0.201. The largest absolute Gasteiger partial charge is 0.264 e. The Morgan fingerprint density at radius 1 is 1.33 bits per heavy atom. The second kappa shape index (κ2) is 5.32. The van der Waals surface area contributed by atoms with Crippen molar-refractivity contribution < 1.29 is 0 Å². The molecule has 0 spiro atoms. The quantitative estimate of drug-likeness (QED) is 0.710. The van der Waals surface area contributed by atoms with E-state index in [0.717, 1.165) is 5.92 Å². The summed E-state index contributed by atoms with van der Waals surface area (Å²) in [5, 5.41) is 0. The maximum Gasteiger partial charge on any atom is 0.0308 e. The third-order valence-electron chi connectivity index (χ3n) is 4.69. The van der Waals surface area contributed by atoms with Crippen LogP contribution in [0.1, 0.15) is 51.2 Å². The molecular formula is C16H24BrN. The number of aromatic nitrogens is 1. The van der Waals surface area contributed by atoms with E-state index in [1.807, 2.05) is 6.20 Å². The number of aryl methyl sites for hydroxylation is 1. The van der Waals surface area contributed by atoms with Crippen molar-refractivity contribution in [2.45, 2.75) is 57.2 Å². The number of halogens is 1. The van der Waals surface area contributed by atoms with E-state index in [2.05, 4.69) is 60.9 Å². The smallest absolute Gasteiger partial charge is 0.0308 e. The van der Waals surface area contributed by atoms with Crippen molar-refractivity contribution in [2.75, 3.05) is 0 Å². The summed E-state index contributed by atoms with van der Waals surface area (Å²) in [7, 11) is 0. The predicted molar refractivity (Wildman–Crippen MR) is 81.2 cm³/mol. The summed E-state index contributed by atoms with van der Waals surface area (Å²) in [6.45, 7) is 9.33. The Bertz CT molecular complexity index is 413. The summed E-state index contributed by atoms with van der Waals surface area (Å²) < 4.78 is 0. The van der Waals surface area contributed by atoms with Crippen LogP contribution < -0.4 is 0 Å². The highest BCUT2D eigenvalue weighted by Crippen LogP contribution is 2.45. The van der Waals surface area contributed by atoms with E-state index in [-0.39, 0.29) is 5.41 Å². The third-order valence-corrected chi connectivity index (χ3v) is 5.71. The fraction of sp³-hybridized carbons (Fsp3) is 0.688. The second-order valence-electron chi connectivity index (χ2n) is 6.45. The summed E-state index contributed by atoms with van der Waals surface area (Å²) in [6, 6.07) is 2.13. The molecule has 0 radical (unpaired) electrons. The van der Waals surface area contributed by atoms with E-state index in [1.54, 1.807) is 0 Å². The number of rotatable bonds is 2. The Morgan fingerprint density at radius 2 is 2.06 bits per heavy atom. The number of hydrogen-bond acceptors (Lipinski definition) is 1. The monoisotopic (exact) mass is 309 g/mol. The molecule has 3 atom stereocenters. The van der Waals surface area contributed by atoms with Gasteiger partial charge in [0.1, 0.15) is 0 Å². The Balaban J connectivity index is 2.28. The average Bonchev–Trinajstić information content (AvgIpc) is 2.28. The molecule has 0 bridgehead atoms. The van der Waals surface area contributed by atoms with Gasteiger partial charge < -0.3 is 0 Å². The highest BCUT2D eigenvalue weighted by Gasteiger charge is 2.39. The molecule has 0 saturated heterocycles. The predicted octanol–water partition coefficient (Wildman–Crippen LogP) is 4.87. The van der Waals surface area contributed by atoms with Crippen molar-refractivity contribution in [1.82, 2.24) is 4.98 Å². The molecule has 1 aromatic rings. The van der Waals surface area contributed by atoms with Gasteiger partial charge in [-0.2, -0.15) is 0 Å². The first-order valence-corrected chi connectivity index (χ1v) is 7.89. The molecule has 1 aromatic heterocycles. The van der Waals surface area contributed by atoms with Gasteiger partial charge in [-0.15, -0.1) is 0 Å². The van der Waals surface area contributed by atoms with Crippen LogP contribution in [0.15, 0.2) is 18.5 Å². The van der Waals surface area contributed by atoms with Crippen molar-refractivity contribution in [3.05, 3.63) is 29.6 Å². The standard InChI is InChI=1S/C16H24BrN/c1-11-5-6-13(15(17)9-11)16(3,4)14-10-18-8-7-12(14)2/h7-8,10-11,13,15H,5-6,9H2,1-4H3. The molecule has 18 heavy (non-hydrogen) atoms. The molecule has 0 amide bonds. The van der Waals surface area contributed by atoms with Crippen LogP contribution in [0.5, 0.6) is 0 Å². The number of hydrogen-bond donors (Lipinski definition) is 0. The number of pyridine rings is 1. The maximum atomic E-state index is 4.33. The van der Waals surface area contributed by atoms with E-state index in [4.69, 9.17) is 0 Å². The van der Waals surface area contributed by atoms with Gasteiger partial charge in [0, 0.05) is 17.2 Å². The average molecular weight is 310 g/mol. The molecule has 3 unspecified atom stereocenters. The van der Waals surface area contributed by atoms with Crippen molar-refractivity contribution in [2.24, 2.45) is 11.8 Å². The fourth-order valence-corrected chi connectivity index (χ4v) is 5.03. The molecule has 1 saturated carbocycles. The highest BCUT2D eigenvalue weighted by molar-refractivity contribution is 9.09. The van der Waals surface area contributed by atoms with Crippen LogP contribution in [-0.4, -0.2) is 9.81 Å². The van der Waals surface area contributed by atoms with E-state index < -0.39 is 0 Å². The summed E-state index contributed by atoms with van der Waals surface area (Å²) in [6.07, 6.45) is 7.93. The van der Waals surface area contributed by atoms with Crippen molar-refractivity contribution >= 4 is 15.9 Å². The minimum Gasteiger partial charge on any atom is -0.264 e. The van der Waals surface area contributed by atoms with Gasteiger partial charge >= 0.3 is 0 Å². The number of alkyl halides is 1.